The number of hydroxylamine groups is 1. The van der Waals surface area contributed by atoms with Crippen molar-refractivity contribution in [2.24, 2.45) is 0 Å². The van der Waals surface area contributed by atoms with Gasteiger partial charge < -0.3 is 9.47 Å². The van der Waals surface area contributed by atoms with E-state index in [1.165, 1.54) is 0 Å². The fourth-order valence-electron chi connectivity index (χ4n) is 1.50. The molecule has 0 spiro atoms. The van der Waals surface area contributed by atoms with Crippen LogP contribution in [0.2, 0.25) is 0 Å². The normalized spacial score (nSPS) is 13.5. The number of aryl methyl sites for hydroxylation is 1. The Morgan fingerprint density at radius 1 is 1.33 bits per heavy atom. The molecule has 1 aliphatic heterocycles. The number of carbonyl (C=O) groups excluding carboxylic acids is 1. The molecule has 80 valence electrons. The van der Waals surface area contributed by atoms with E-state index in [2.05, 4.69) is 0 Å². The predicted molar refractivity (Wildman–Crippen MR) is 51.4 cm³/mol. The van der Waals surface area contributed by atoms with Crippen molar-refractivity contribution in [2.45, 2.75) is 6.92 Å². The molecule has 0 atom stereocenters. The van der Waals surface area contributed by atoms with Crippen molar-refractivity contribution < 1.29 is 19.5 Å². The number of fused-ring (bicyclic) bond motifs is 1. The van der Waals surface area contributed by atoms with Gasteiger partial charge in [0.15, 0.2) is 11.5 Å². The van der Waals surface area contributed by atoms with Gasteiger partial charge in [-0.2, -0.15) is 0 Å². The Labute approximate surface area is 86.6 Å². The average molecular weight is 209 g/mol. The third kappa shape index (κ3) is 1.73. The van der Waals surface area contributed by atoms with Crippen molar-refractivity contribution in [3.63, 3.8) is 0 Å². The number of hydrogen-bond acceptors (Lipinski definition) is 4. The summed E-state index contributed by atoms with van der Waals surface area (Å²) < 4.78 is 10.7. The fraction of sp³-hybridized carbons (Fsp3) is 0.300. The molecule has 0 unspecified atom stereocenters. The van der Waals surface area contributed by atoms with Crippen LogP contribution < -0.4 is 15.0 Å². The molecule has 5 nitrogen and oxygen atoms in total. The Kier molecular flexibility index (Phi) is 2.47. The van der Waals surface area contributed by atoms with Gasteiger partial charge in [-0.15, -0.1) is 0 Å². The van der Waals surface area contributed by atoms with Gasteiger partial charge in [0.2, 0.25) is 0 Å². The van der Waals surface area contributed by atoms with Crippen LogP contribution in [-0.4, -0.2) is 24.3 Å². The lowest BCUT2D eigenvalue weighted by atomic mass is 10.1. The molecule has 1 amide bonds. The molecule has 1 aromatic carbocycles. The first-order valence-corrected chi connectivity index (χ1v) is 4.57. The second-order valence-corrected chi connectivity index (χ2v) is 3.25. The van der Waals surface area contributed by atoms with Gasteiger partial charge in [0.1, 0.15) is 13.2 Å². The van der Waals surface area contributed by atoms with Gasteiger partial charge in [0.05, 0.1) is 0 Å². The number of amides is 1. The summed E-state index contributed by atoms with van der Waals surface area (Å²) >= 11 is 0. The van der Waals surface area contributed by atoms with Crippen LogP contribution in [-0.2, 0) is 0 Å². The van der Waals surface area contributed by atoms with Crippen molar-refractivity contribution in [3.05, 3.63) is 23.3 Å². The summed E-state index contributed by atoms with van der Waals surface area (Å²) in [6.07, 6.45) is 0. The summed E-state index contributed by atoms with van der Waals surface area (Å²) in [6, 6.07) is 3.29. The molecule has 0 saturated carbocycles. The first-order chi connectivity index (χ1) is 7.22. The Bertz CT molecular complexity index is 403. The van der Waals surface area contributed by atoms with Crippen molar-refractivity contribution in [2.75, 3.05) is 13.2 Å². The highest BCUT2D eigenvalue weighted by Gasteiger charge is 2.17. The highest BCUT2D eigenvalue weighted by molar-refractivity contribution is 5.95. The molecule has 1 aliphatic rings. The first-order valence-electron chi connectivity index (χ1n) is 4.57. The average Bonchev–Trinajstić information content (AvgIpc) is 2.27. The maximum Gasteiger partial charge on any atom is 0.275 e. The minimum absolute atomic E-state index is 0.377. The van der Waals surface area contributed by atoms with E-state index >= 15 is 0 Å². The van der Waals surface area contributed by atoms with E-state index in [-0.39, 0.29) is 0 Å². The van der Waals surface area contributed by atoms with Crippen LogP contribution in [0.25, 0.3) is 0 Å². The van der Waals surface area contributed by atoms with Gasteiger partial charge in [-0.25, -0.2) is 5.48 Å². The fourth-order valence-corrected chi connectivity index (χ4v) is 1.50. The molecule has 2 N–H and O–H groups in total. The summed E-state index contributed by atoms with van der Waals surface area (Å²) in [7, 11) is 0. The molecule has 0 aliphatic carbocycles. The van der Waals surface area contributed by atoms with Gasteiger partial charge in [0, 0.05) is 5.56 Å². The van der Waals surface area contributed by atoms with Gasteiger partial charge in [0.25, 0.3) is 5.91 Å². The van der Waals surface area contributed by atoms with E-state index in [0.29, 0.717) is 30.3 Å². The molecule has 0 saturated heterocycles. The summed E-state index contributed by atoms with van der Waals surface area (Å²) in [4.78, 5) is 11.3. The minimum Gasteiger partial charge on any atom is -0.486 e. The Balaban J connectivity index is 2.44. The summed E-state index contributed by atoms with van der Waals surface area (Å²) in [5, 5.41) is 8.55. The van der Waals surface area contributed by atoms with E-state index in [1.807, 2.05) is 0 Å². The van der Waals surface area contributed by atoms with Gasteiger partial charge >= 0.3 is 0 Å². The van der Waals surface area contributed by atoms with Gasteiger partial charge in [-0.3, -0.25) is 10.0 Å². The molecule has 0 fully saturated rings. The third-order valence-electron chi connectivity index (χ3n) is 2.24. The number of ether oxygens (including phenoxy) is 2. The van der Waals surface area contributed by atoms with Crippen LogP contribution in [0, 0.1) is 6.92 Å². The van der Waals surface area contributed by atoms with Gasteiger partial charge in [-0.05, 0) is 24.6 Å². The van der Waals surface area contributed by atoms with E-state index in [9.17, 15) is 4.79 Å². The number of carbonyl (C=O) groups is 1. The molecule has 0 bridgehead atoms. The van der Waals surface area contributed by atoms with Crippen LogP contribution in [0.4, 0.5) is 0 Å². The quantitative estimate of drug-likeness (QED) is 0.532. The Hall–Kier alpha value is -1.75. The number of rotatable bonds is 1. The minimum atomic E-state index is -0.551. The van der Waals surface area contributed by atoms with Crippen LogP contribution >= 0.6 is 0 Å². The van der Waals surface area contributed by atoms with E-state index in [1.54, 1.807) is 24.5 Å². The van der Waals surface area contributed by atoms with Crippen LogP contribution in [0.3, 0.4) is 0 Å². The standard InChI is InChI=1S/C10H11NO4/c1-6-4-8-9(15-3-2-14-8)5-7(6)10(12)11-13/h4-5,13H,2-3H2,1H3,(H,11,12). The zero-order chi connectivity index (χ0) is 10.8. The van der Waals surface area contributed by atoms with E-state index in [0.717, 1.165) is 5.56 Å². The van der Waals surface area contributed by atoms with Crippen LogP contribution in [0.15, 0.2) is 12.1 Å². The smallest absolute Gasteiger partial charge is 0.275 e. The number of hydrogen-bond donors (Lipinski definition) is 2. The Morgan fingerprint density at radius 3 is 2.53 bits per heavy atom. The zero-order valence-corrected chi connectivity index (χ0v) is 8.24. The zero-order valence-electron chi connectivity index (χ0n) is 8.24. The molecule has 1 heterocycles. The van der Waals surface area contributed by atoms with Crippen molar-refractivity contribution in [3.8, 4) is 11.5 Å². The Morgan fingerprint density at radius 2 is 1.93 bits per heavy atom. The first kappa shape index (κ1) is 9.79. The largest absolute Gasteiger partial charge is 0.486 e. The van der Waals surface area contributed by atoms with Crippen molar-refractivity contribution >= 4 is 5.91 Å². The lowest BCUT2D eigenvalue weighted by Gasteiger charge is -2.19. The monoisotopic (exact) mass is 209 g/mol. The highest BCUT2D eigenvalue weighted by Crippen LogP contribution is 2.32. The molecule has 2 rings (SSSR count). The molecule has 0 aromatic heterocycles. The highest BCUT2D eigenvalue weighted by atomic mass is 16.6. The lowest BCUT2D eigenvalue weighted by molar-refractivity contribution is 0.0704. The molecule has 5 heteroatoms. The molecule has 0 radical (unpaired) electrons. The summed E-state index contributed by atoms with van der Waals surface area (Å²) in [6.45, 7) is 2.75. The topological polar surface area (TPSA) is 67.8 Å². The van der Waals surface area contributed by atoms with Gasteiger partial charge in [-0.1, -0.05) is 0 Å². The summed E-state index contributed by atoms with van der Waals surface area (Å²) in [5.74, 6) is 0.614. The lowest BCUT2D eigenvalue weighted by Crippen LogP contribution is -2.21. The third-order valence-corrected chi connectivity index (χ3v) is 2.24. The molecular formula is C10H11NO4. The molecular weight excluding hydrogens is 198 g/mol. The second-order valence-electron chi connectivity index (χ2n) is 3.25. The van der Waals surface area contributed by atoms with Crippen molar-refractivity contribution in [1.82, 2.24) is 5.48 Å². The SMILES string of the molecule is Cc1cc2c(cc1C(=O)NO)OCCO2. The molecule has 1 aromatic rings. The number of benzene rings is 1. The second kappa shape index (κ2) is 3.78. The van der Waals surface area contributed by atoms with Crippen molar-refractivity contribution in [1.29, 1.82) is 0 Å². The maximum atomic E-state index is 11.3. The van der Waals surface area contributed by atoms with Crippen LogP contribution in [0.5, 0.6) is 11.5 Å². The van der Waals surface area contributed by atoms with Crippen LogP contribution in [0.1, 0.15) is 15.9 Å². The van der Waals surface area contributed by atoms with E-state index < -0.39 is 5.91 Å². The predicted octanol–water partition coefficient (Wildman–Crippen LogP) is 0.885. The molecule has 15 heavy (non-hydrogen) atoms. The maximum absolute atomic E-state index is 11.3. The number of nitrogens with one attached hydrogen (secondary N) is 1. The van der Waals surface area contributed by atoms with E-state index in [4.69, 9.17) is 14.7 Å². The summed E-state index contributed by atoms with van der Waals surface area (Å²) in [5.41, 5.74) is 2.70.